The third-order valence-electron chi connectivity index (χ3n) is 3.28. The standard InChI is InChI=1S/C17H18O/c18-14-13-17(16-9-5-2-6-10-16)12-11-15-7-3-1-4-8-15/h1-10,14,17H,11-13H2. The number of carbonyl (C=O) groups excluding carboxylic acids is 1. The molecule has 0 aliphatic heterocycles. The van der Waals surface area contributed by atoms with Gasteiger partial charge in [0, 0.05) is 6.42 Å². The number of hydrogen-bond acceptors (Lipinski definition) is 1. The molecule has 0 spiro atoms. The predicted molar refractivity (Wildman–Crippen MR) is 74.6 cm³/mol. The van der Waals surface area contributed by atoms with Crippen molar-refractivity contribution in [1.29, 1.82) is 0 Å². The van der Waals surface area contributed by atoms with Gasteiger partial charge in [-0.15, -0.1) is 0 Å². The van der Waals surface area contributed by atoms with E-state index in [0.29, 0.717) is 12.3 Å². The van der Waals surface area contributed by atoms with E-state index in [9.17, 15) is 4.79 Å². The van der Waals surface area contributed by atoms with E-state index in [2.05, 4.69) is 36.4 Å². The fourth-order valence-electron chi connectivity index (χ4n) is 2.25. The van der Waals surface area contributed by atoms with Crippen LogP contribution in [0.3, 0.4) is 0 Å². The van der Waals surface area contributed by atoms with Gasteiger partial charge in [-0.1, -0.05) is 60.7 Å². The van der Waals surface area contributed by atoms with Crippen molar-refractivity contribution < 1.29 is 4.79 Å². The lowest BCUT2D eigenvalue weighted by molar-refractivity contribution is -0.108. The molecule has 1 nitrogen and oxygen atoms in total. The molecule has 2 aromatic rings. The number of benzene rings is 2. The third-order valence-corrected chi connectivity index (χ3v) is 3.28. The van der Waals surface area contributed by atoms with E-state index >= 15 is 0 Å². The van der Waals surface area contributed by atoms with Gasteiger partial charge in [-0.25, -0.2) is 0 Å². The van der Waals surface area contributed by atoms with Gasteiger partial charge < -0.3 is 4.79 Å². The minimum absolute atomic E-state index is 0.337. The average molecular weight is 238 g/mol. The van der Waals surface area contributed by atoms with Crippen LogP contribution in [-0.2, 0) is 11.2 Å². The number of aldehydes is 1. The number of aryl methyl sites for hydroxylation is 1. The Morgan fingerprint density at radius 3 is 2.11 bits per heavy atom. The first kappa shape index (κ1) is 12.6. The normalized spacial score (nSPS) is 12.0. The molecule has 1 unspecified atom stereocenters. The Hall–Kier alpha value is -1.89. The van der Waals surface area contributed by atoms with Crippen LogP contribution in [-0.4, -0.2) is 6.29 Å². The highest BCUT2D eigenvalue weighted by Gasteiger charge is 2.10. The molecule has 0 aliphatic carbocycles. The molecule has 0 aromatic heterocycles. The molecule has 0 amide bonds. The van der Waals surface area contributed by atoms with Crippen LogP contribution in [0.5, 0.6) is 0 Å². The number of rotatable bonds is 6. The zero-order valence-electron chi connectivity index (χ0n) is 10.5. The summed E-state index contributed by atoms with van der Waals surface area (Å²) in [7, 11) is 0. The molecule has 0 saturated heterocycles. The van der Waals surface area contributed by atoms with Crippen LogP contribution in [0.15, 0.2) is 60.7 Å². The van der Waals surface area contributed by atoms with Crippen molar-refractivity contribution in [2.24, 2.45) is 0 Å². The highest BCUT2D eigenvalue weighted by molar-refractivity contribution is 5.51. The molecule has 2 aromatic carbocycles. The summed E-state index contributed by atoms with van der Waals surface area (Å²) in [6.07, 6.45) is 3.68. The van der Waals surface area contributed by atoms with E-state index < -0.39 is 0 Å². The smallest absolute Gasteiger partial charge is 0.120 e. The van der Waals surface area contributed by atoms with Gasteiger partial charge in [0.15, 0.2) is 0 Å². The van der Waals surface area contributed by atoms with E-state index in [1.807, 2.05) is 24.3 Å². The highest BCUT2D eigenvalue weighted by atomic mass is 16.1. The van der Waals surface area contributed by atoms with E-state index in [0.717, 1.165) is 19.1 Å². The second-order valence-electron chi connectivity index (χ2n) is 4.53. The first-order valence-corrected chi connectivity index (χ1v) is 6.42. The van der Waals surface area contributed by atoms with Crippen LogP contribution in [0.2, 0.25) is 0 Å². The van der Waals surface area contributed by atoms with Gasteiger partial charge >= 0.3 is 0 Å². The van der Waals surface area contributed by atoms with Crippen molar-refractivity contribution in [1.82, 2.24) is 0 Å². The maximum Gasteiger partial charge on any atom is 0.120 e. The summed E-state index contributed by atoms with van der Waals surface area (Å²) < 4.78 is 0. The van der Waals surface area contributed by atoms with Crippen molar-refractivity contribution in [3.63, 3.8) is 0 Å². The van der Waals surface area contributed by atoms with Crippen molar-refractivity contribution in [2.75, 3.05) is 0 Å². The van der Waals surface area contributed by atoms with Gasteiger partial charge in [0.05, 0.1) is 0 Å². The summed E-state index contributed by atoms with van der Waals surface area (Å²) in [5, 5.41) is 0. The van der Waals surface area contributed by atoms with Crippen molar-refractivity contribution in [3.8, 4) is 0 Å². The van der Waals surface area contributed by atoms with Crippen LogP contribution < -0.4 is 0 Å². The van der Waals surface area contributed by atoms with E-state index in [1.54, 1.807) is 0 Å². The molecule has 2 rings (SSSR count). The second kappa shape index (κ2) is 6.75. The summed E-state index contributed by atoms with van der Waals surface area (Å²) in [6, 6.07) is 20.7. The van der Waals surface area contributed by atoms with Gasteiger partial charge in [0.25, 0.3) is 0 Å². The van der Waals surface area contributed by atoms with Crippen molar-refractivity contribution >= 4 is 6.29 Å². The first-order chi connectivity index (χ1) is 8.90. The van der Waals surface area contributed by atoms with Crippen LogP contribution in [0, 0.1) is 0 Å². The predicted octanol–water partition coefficient (Wildman–Crippen LogP) is 3.99. The summed E-state index contributed by atoms with van der Waals surface area (Å²) >= 11 is 0. The Labute approximate surface area is 108 Å². The van der Waals surface area contributed by atoms with Gasteiger partial charge in [0.1, 0.15) is 6.29 Å². The topological polar surface area (TPSA) is 17.1 Å². The summed E-state index contributed by atoms with van der Waals surface area (Å²) in [5.41, 5.74) is 2.60. The highest BCUT2D eigenvalue weighted by Crippen LogP contribution is 2.24. The molecule has 1 heteroatoms. The van der Waals surface area contributed by atoms with Crippen LogP contribution >= 0.6 is 0 Å². The molecule has 92 valence electrons. The molecule has 0 N–H and O–H groups in total. The van der Waals surface area contributed by atoms with Gasteiger partial charge in [-0.2, -0.15) is 0 Å². The van der Waals surface area contributed by atoms with Gasteiger partial charge in [-0.3, -0.25) is 0 Å². The maximum absolute atomic E-state index is 10.8. The Morgan fingerprint density at radius 1 is 0.889 bits per heavy atom. The Kier molecular flexibility index (Phi) is 4.71. The van der Waals surface area contributed by atoms with E-state index in [-0.39, 0.29) is 0 Å². The lowest BCUT2D eigenvalue weighted by atomic mass is 9.90. The molecular weight excluding hydrogens is 220 g/mol. The molecular formula is C17H18O. The fourth-order valence-corrected chi connectivity index (χ4v) is 2.25. The quantitative estimate of drug-likeness (QED) is 0.695. The SMILES string of the molecule is O=CCC(CCc1ccccc1)c1ccccc1. The first-order valence-electron chi connectivity index (χ1n) is 6.42. The molecule has 0 bridgehead atoms. The van der Waals surface area contributed by atoms with Crippen molar-refractivity contribution in [3.05, 3.63) is 71.8 Å². The number of hydrogen-bond donors (Lipinski definition) is 0. The van der Waals surface area contributed by atoms with Crippen LogP contribution in [0.1, 0.15) is 29.9 Å². The lowest BCUT2D eigenvalue weighted by Gasteiger charge is -2.14. The van der Waals surface area contributed by atoms with Crippen molar-refractivity contribution in [2.45, 2.75) is 25.2 Å². The van der Waals surface area contributed by atoms with Gasteiger partial charge in [0.2, 0.25) is 0 Å². The molecule has 0 aliphatic rings. The molecule has 0 saturated carbocycles. The van der Waals surface area contributed by atoms with E-state index in [1.165, 1.54) is 11.1 Å². The third kappa shape index (κ3) is 3.56. The maximum atomic E-state index is 10.8. The zero-order chi connectivity index (χ0) is 12.6. The minimum Gasteiger partial charge on any atom is -0.303 e. The molecule has 0 radical (unpaired) electrons. The van der Waals surface area contributed by atoms with Crippen LogP contribution in [0.4, 0.5) is 0 Å². The summed E-state index contributed by atoms with van der Waals surface area (Å²) in [5.74, 6) is 0.337. The number of carbonyl (C=O) groups is 1. The Bertz CT molecular complexity index is 461. The van der Waals surface area contributed by atoms with Gasteiger partial charge in [-0.05, 0) is 29.9 Å². The lowest BCUT2D eigenvalue weighted by Crippen LogP contribution is -2.01. The summed E-state index contributed by atoms with van der Waals surface area (Å²) in [4.78, 5) is 10.8. The Balaban J connectivity index is 2.01. The van der Waals surface area contributed by atoms with E-state index in [4.69, 9.17) is 0 Å². The molecule has 18 heavy (non-hydrogen) atoms. The zero-order valence-corrected chi connectivity index (χ0v) is 10.5. The molecule has 0 heterocycles. The summed E-state index contributed by atoms with van der Waals surface area (Å²) in [6.45, 7) is 0. The second-order valence-corrected chi connectivity index (χ2v) is 4.53. The minimum atomic E-state index is 0.337. The molecule has 1 atom stereocenters. The molecule has 0 fully saturated rings. The monoisotopic (exact) mass is 238 g/mol. The largest absolute Gasteiger partial charge is 0.303 e. The fraction of sp³-hybridized carbons (Fsp3) is 0.235. The Morgan fingerprint density at radius 2 is 1.50 bits per heavy atom. The van der Waals surface area contributed by atoms with Crippen LogP contribution in [0.25, 0.3) is 0 Å². The average Bonchev–Trinajstić information content (AvgIpc) is 2.45.